The molecule has 0 aromatic carbocycles. The second-order valence-corrected chi connectivity index (χ2v) is 4.70. The lowest BCUT2D eigenvalue weighted by atomic mass is 10.0. The van der Waals surface area contributed by atoms with E-state index in [1.807, 2.05) is 6.20 Å². The van der Waals surface area contributed by atoms with E-state index in [4.69, 9.17) is 5.73 Å². The fraction of sp³-hybridized carbons (Fsp3) is 0.700. The van der Waals surface area contributed by atoms with Crippen molar-refractivity contribution in [1.29, 1.82) is 0 Å². The van der Waals surface area contributed by atoms with Gasteiger partial charge in [-0.05, 0) is 17.8 Å². The molecule has 1 heterocycles. The van der Waals surface area contributed by atoms with Crippen LogP contribution in [0, 0.1) is 11.3 Å². The van der Waals surface area contributed by atoms with E-state index in [9.17, 15) is 0 Å². The summed E-state index contributed by atoms with van der Waals surface area (Å²) in [5.74, 6) is 1.69. The minimum atomic E-state index is 0.265. The first-order chi connectivity index (χ1) is 6.09. The van der Waals surface area contributed by atoms with Crippen molar-refractivity contribution in [2.75, 3.05) is 0 Å². The number of hydrogen-bond acceptors (Lipinski definition) is 2. The van der Waals surface area contributed by atoms with Gasteiger partial charge in [0.05, 0.1) is 0 Å². The highest BCUT2D eigenvalue weighted by atomic mass is 14.9. The normalized spacial score (nSPS) is 27.2. The van der Waals surface area contributed by atoms with Gasteiger partial charge in [0.2, 0.25) is 0 Å². The van der Waals surface area contributed by atoms with Gasteiger partial charge in [-0.15, -0.1) is 0 Å². The molecule has 1 aromatic rings. The van der Waals surface area contributed by atoms with Crippen molar-refractivity contribution in [3.8, 4) is 0 Å². The number of aromatic nitrogens is 2. The molecule has 72 valence electrons. The molecule has 3 heteroatoms. The summed E-state index contributed by atoms with van der Waals surface area (Å²) in [5, 5.41) is 0. The van der Waals surface area contributed by atoms with E-state index in [1.165, 1.54) is 6.42 Å². The number of H-pyrrole nitrogens is 1. The maximum absolute atomic E-state index is 6.09. The smallest absolute Gasteiger partial charge is 0.107 e. The van der Waals surface area contributed by atoms with Gasteiger partial charge in [-0.25, -0.2) is 4.98 Å². The number of aromatic amines is 1. The first-order valence-corrected chi connectivity index (χ1v) is 4.83. The molecule has 1 aliphatic rings. The van der Waals surface area contributed by atoms with Crippen molar-refractivity contribution in [3.05, 3.63) is 18.2 Å². The van der Waals surface area contributed by atoms with Crippen molar-refractivity contribution < 1.29 is 0 Å². The Morgan fingerprint density at radius 1 is 1.77 bits per heavy atom. The Morgan fingerprint density at radius 3 is 2.92 bits per heavy atom. The number of hydrogen-bond donors (Lipinski definition) is 2. The second kappa shape index (κ2) is 2.84. The first kappa shape index (κ1) is 8.75. The van der Waals surface area contributed by atoms with Crippen LogP contribution in [0.5, 0.6) is 0 Å². The monoisotopic (exact) mass is 179 g/mol. The summed E-state index contributed by atoms with van der Waals surface area (Å²) < 4.78 is 0. The molecule has 2 rings (SSSR count). The van der Waals surface area contributed by atoms with E-state index in [2.05, 4.69) is 23.8 Å². The van der Waals surface area contributed by atoms with Crippen LogP contribution in [-0.4, -0.2) is 16.0 Å². The lowest BCUT2D eigenvalue weighted by molar-refractivity contribution is 0.471. The summed E-state index contributed by atoms with van der Waals surface area (Å²) in [4.78, 5) is 7.27. The van der Waals surface area contributed by atoms with Gasteiger partial charge in [0, 0.05) is 24.9 Å². The molecule has 1 aromatic heterocycles. The second-order valence-electron chi connectivity index (χ2n) is 4.70. The standard InChI is InChI=1S/C10H17N3/c1-10(2)6-7(10)8(11)5-9-12-3-4-13-9/h3-4,7-8H,5-6,11H2,1-2H3,(H,12,13). The molecule has 13 heavy (non-hydrogen) atoms. The van der Waals surface area contributed by atoms with Crippen LogP contribution in [0.25, 0.3) is 0 Å². The maximum atomic E-state index is 6.09. The number of nitrogens with two attached hydrogens (primary N) is 1. The maximum Gasteiger partial charge on any atom is 0.107 e. The van der Waals surface area contributed by atoms with Gasteiger partial charge in [0.1, 0.15) is 5.82 Å². The Balaban J connectivity index is 1.90. The zero-order valence-electron chi connectivity index (χ0n) is 8.25. The fourth-order valence-corrected chi connectivity index (χ4v) is 2.01. The predicted octanol–water partition coefficient (Wildman–Crippen LogP) is 1.33. The summed E-state index contributed by atoms with van der Waals surface area (Å²) in [6.45, 7) is 4.55. The number of imidazole rings is 1. The van der Waals surface area contributed by atoms with Crippen LogP contribution in [0.3, 0.4) is 0 Å². The van der Waals surface area contributed by atoms with Crippen LogP contribution in [0.4, 0.5) is 0 Å². The molecule has 0 aliphatic heterocycles. The molecule has 1 fully saturated rings. The molecule has 0 saturated heterocycles. The van der Waals surface area contributed by atoms with Crippen LogP contribution < -0.4 is 5.73 Å². The highest BCUT2D eigenvalue weighted by Gasteiger charge is 2.48. The Bertz CT molecular complexity index is 276. The van der Waals surface area contributed by atoms with E-state index in [0.29, 0.717) is 11.3 Å². The summed E-state index contributed by atoms with van der Waals surface area (Å²) in [6, 6.07) is 0.265. The largest absolute Gasteiger partial charge is 0.349 e. The van der Waals surface area contributed by atoms with E-state index >= 15 is 0 Å². The number of nitrogens with one attached hydrogen (secondary N) is 1. The van der Waals surface area contributed by atoms with E-state index < -0.39 is 0 Å². The summed E-state index contributed by atoms with van der Waals surface area (Å²) >= 11 is 0. The molecule has 0 bridgehead atoms. The van der Waals surface area contributed by atoms with Crippen LogP contribution in [0.15, 0.2) is 12.4 Å². The summed E-state index contributed by atoms with van der Waals surface area (Å²) in [5.41, 5.74) is 6.55. The number of nitrogens with zero attached hydrogens (tertiary/aromatic N) is 1. The van der Waals surface area contributed by atoms with E-state index in [1.54, 1.807) is 6.20 Å². The molecule has 1 saturated carbocycles. The molecule has 1 aliphatic carbocycles. The van der Waals surface area contributed by atoms with Crippen LogP contribution >= 0.6 is 0 Å². The molecule has 0 spiro atoms. The fourth-order valence-electron chi connectivity index (χ4n) is 2.01. The third-order valence-electron chi connectivity index (χ3n) is 3.09. The molecular formula is C10H17N3. The van der Waals surface area contributed by atoms with Crippen molar-refractivity contribution in [2.45, 2.75) is 32.7 Å². The highest BCUT2D eigenvalue weighted by Crippen LogP contribution is 2.53. The minimum Gasteiger partial charge on any atom is -0.349 e. The highest BCUT2D eigenvalue weighted by molar-refractivity contribution is 5.04. The summed E-state index contributed by atoms with van der Waals surface area (Å²) in [6.07, 6.45) is 5.76. The SMILES string of the molecule is CC1(C)CC1C(N)Cc1ncc[nH]1. The van der Waals surface area contributed by atoms with Gasteiger partial charge < -0.3 is 10.7 Å². The van der Waals surface area contributed by atoms with Crippen LogP contribution in [0.2, 0.25) is 0 Å². The topological polar surface area (TPSA) is 54.7 Å². The molecule has 3 nitrogen and oxygen atoms in total. The zero-order valence-corrected chi connectivity index (χ0v) is 8.25. The van der Waals surface area contributed by atoms with Crippen molar-refractivity contribution in [2.24, 2.45) is 17.1 Å². The van der Waals surface area contributed by atoms with Gasteiger partial charge >= 0.3 is 0 Å². The lowest BCUT2D eigenvalue weighted by Gasteiger charge is -2.11. The zero-order chi connectivity index (χ0) is 9.47. The molecule has 0 radical (unpaired) electrons. The molecule has 3 N–H and O–H groups in total. The lowest BCUT2D eigenvalue weighted by Crippen LogP contribution is -2.27. The Kier molecular flexibility index (Phi) is 1.91. The summed E-state index contributed by atoms with van der Waals surface area (Å²) in [7, 11) is 0. The molecule has 2 unspecified atom stereocenters. The minimum absolute atomic E-state index is 0.265. The van der Waals surface area contributed by atoms with Gasteiger partial charge in [0.25, 0.3) is 0 Å². The third kappa shape index (κ3) is 1.75. The third-order valence-corrected chi connectivity index (χ3v) is 3.09. The molecule has 2 atom stereocenters. The van der Waals surface area contributed by atoms with Gasteiger partial charge in [-0.1, -0.05) is 13.8 Å². The predicted molar refractivity (Wildman–Crippen MR) is 52.2 cm³/mol. The quantitative estimate of drug-likeness (QED) is 0.735. The van der Waals surface area contributed by atoms with Crippen molar-refractivity contribution in [1.82, 2.24) is 9.97 Å². The molecule has 0 amide bonds. The van der Waals surface area contributed by atoms with Gasteiger partial charge in [0.15, 0.2) is 0 Å². The Morgan fingerprint density at radius 2 is 2.46 bits per heavy atom. The Hall–Kier alpha value is -0.830. The van der Waals surface area contributed by atoms with Gasteiger partial charge in [-0.3, -0.25) is 0 Å². The average molecular weight is 179 g/mol. The average Bonchev–Trinajstić information content (AvgIpc) is 2.49. The van der Waals surface area contributed by atoms with Crippen molar-refractivity contribution in [3.63, 3.8) is 0 Å². The van der Waals surface area contributed by atoms with Crippen LogP contribution in [0.1, 0.15) is 26.1 Å². The van der Waals surface area contributed by atoms with E-state index in [-0.39, 0.29) is 6.04 Å². The molecular weight excluding hydrogens is 162 g/mol. The Labute approximate surface area is 78.7 Å². The van der Waals surface area contributed by atoms with Crippen LogP contribution in [-0.2, 0) is 6.42 Å². The van der Waals surface area contributed by atoms with E-state index in [0.717, 1.165) is 12.2 Å². The number of rotatable bonds is 3. The first-order valence-electron chi connectivity index (χ1n) is 4.83. The van der Waals surface area contributed by atoms with Gasteiger partial charge in [-0.2, -0.15) is 0 Å². The van der Waals surface area contributed by atoms with Crippen molar-refractivity contribution >= 4 is 0 Å².